The minimum atomic E-state index is 0.138. The molecule has 3 nitrogen and oxygen atoms in total. The number of benzene rings is 1. The van der Waals surface area contributed by atoms with Gasteiger partial charge in [-0.25, -0.2) is 0 Å². The zero-order chi connectivity index (χ0) is 13.4. The van der Waals surface area contributed by atoms with Gasteiger partial charge in [-0.2, -0.15) is 0 Å². The molecule has 0 radical (unpaired) electrons. The maximum Gasteiger partial charge on any atom is 0.184 e. The fraction of sp³-hybridized carbons (Fsp3) is 0.188. The smallest absolute Gasteiger partial charge is 0.184 e. The van der Waals surface area contributed by atoms with Crippen molar-refractivity contribution in [3.8, 4) is 0 Å². The second kappa shape index (κ2) is 4.43. The molecule has 3 rings (SSSR count). The molecule has 0 amide bonds. The molecule has 2 aromatic heterocycles. The first-order chi connectivity index (χ1) is 9.13. The van der Waals surface area contributed by atoms with Crippen molar-refractivity contribution in [2.45, 2.75) is 13.5 Å². The monoisotopic (exact) mass is 252 g/mol. The van der Waals surface area contributed by atoms with Gasteiger partial charge in [-0.3, -0.25) is 4.79 Å². The molecule has 0 bridgehead atoms. The van der Waals surface area contributed by atoms with Gasteiger partial charge in [0.1, 0.15) is 0 Å². The molecule has 0 aliphatic heterocycles. The Morgan fingerprint density at radius 1 is 1.16 bits per heavy atom. The molecular formula is C16H16N2O. The van der Waals surface area contributed by atoms with E-state index in [4.69, 9.17) is 0 Å². The summed E-state index contributed by atoms with van der Waals surface area (Å²) < 4.78 is 3.90. The van der Waals surface area contributed by atoms with Crippen LogP contribution in [-0.4, -0.2) is 14.9 Å². The molecule has 0 saturated heterocycles. The van der Waals surface area contributed by atoms with E-state index in [1.165, 1.54) is 10.9 Å². The lowest BCUT2D eigenvalue weighted by molar-refractivity contribution is 0.0973. The Labute approximate surface area is 112 Å². The molecule has 0 fully saturated rings. The Morgan fingerprint density at radius 3 is 2.74 bits per heavy atom. The summed E-state index contributed by atoms with van der Waals surface area (Å²) >= 11 is 0. The molecule has 0 aliphatic rings. The summed E-state index contributed by atoms with van der Waals surface area (Å²) in [5.74, 6) is 0.138. The number of hydrogen-bond donors (Lipinski definition) is 0. The van der Waals surface area contributed by atoms with E-state index in [1.54, 1.807) is 0 Å². The van der Waals surface area contributed by atoms with Crippen LogP contribution in [0.3, 0.4) is 0 Å². The zero-order valence-electron chi connectivity index (χ0n) is 11.1. The minimum absolute atomic E-state index is 0.138. The van der Waals surface area contributed by atoms with Crippen LogP contribution in [0.4, 0.5) is 0 Å². The van der Waals surface area contributed by atoms with Crippen molar-refractivity contribution in [2.24, 2.45) is 7.05 Å². The number of aromatic nitrogens is 2. The van der Waals surface area contributed by atoms with Crippen molar-refractivity contribution in [2.75, 3.05) is 0 Å². The summed E-state index contributed by atoms with van der Waals surface area (Å²) in [5, 5.41) is 1.18. The molecule has 96 valence electrons. The van der Waals surface area contributed by atoms with E-state index in [9.17, 15) is 4.79 Å². The number of rotatable bonds is 3. The van der Waals surface area contributed by atoms with Gasteiger partial charge < -0.3 is 9.13 Å². The van der Waals surface area contributed by atoms with Gasteiger partial charge in [0.25, 0.3) is 0 Å². The third-order valence-electron chi connectivity index (χ3n) is 3.39. The first-order valence-corrected chi connectivity index (χ1v) is 6.34. The summed E-state index contributed by atoms with van der Waals surface area (Å²) in [5.41, 5.74) is 3.10. The van der Waals surface area contributed by atoms with Crippen LogP contribution in [0.25, 0.3) is 10.9 Å². The van der Waals surface area contributed by atoms with Gasteiger partial charge in [-0.15, -0.1) is 0 Å². The number of carbonyl (C=O) groups excluding carboxylic acids is 1. The maximum atomic E-state index is 12.2. The van der Waals surface area contributed by atoms with Crippen molar-refractivity contribution in [1.82, 2.24) is 9.13 Å². The molecule has 0 spiro atoms. The number of ketones is 1. The number of fused-ring (bicyclic) bond motifs is 1. The van der Waals surface area contributed by atoms with Crippen LogP contribution in [-0.2, 0) is 13.6 Å². The topological polar surface area (TPSA) is 26.9 Å². The first-order valence-electron chi connectivity index (χ1n) is 6.34. The fourth-order valence-corrected chi connectivity index (χ4v) is 2.37. The van der Waals surface area contributed by atoms with E-state index in [-0.39, 0.29) is 5.78 Å². The normalized spacial score (nSPS) is 11.1. The quantitative estimate of drug-likeness (QED) is 0.658. The molecule has 0 aliphatic carbocycles. The Morgan fingerprint density at radius 2 is 2.00 bits per heavy atom. The second-order valence-corrected chi connectivity index (χ2v) is 4.99. The third kappa shape index (κ3) is 2.19. The standard InChI is InChI=1S/C16H16N2O/c1-12-3-4-15-13(9-12)6-8-18(15)11-16(19)14-5-7-17(2)10-14/h3-10H,11H2,1-2H3. The predicted molar refractivity (Wildman–Crippen MR) is 76.4 cm³/mol. The number of aryl methyl sites for hydroxylation is 2. The molecule has 3 heteroatoms. The van der Waals surface area contributed by atoms with E-state index in [0.29, 0.717) is 6.54 Å². The van der Waals surface area contributed by atoms with E-state index in [2.05, 4.69) is 31.2 Å². The van der Waals surface area contributed by atoms with Crippen LogP contribution in [0.5, 0.6) is 0 Å². The molecule has 0 N–H and O–H groups in total. The van der Waals surface area contributed by atoms with Crippen molar-refractivity contribution >= 4 is 16.7 Å². The van der Waals surface area contributed by atoms with Crippen LogP contribution in [0.2, 0.25) is 0 Å². The summed E-state index contributed by atoms with van der Waals surface area (Å²) in [6.45, 7) is 2.46. The zero-order valence-corrected chi connectivity index (χ0v) is 11.1. The highest BCUT2D eigenvalue weighted by Gasteiger charge is 2.09. The average Bonchev–Trinajstić information content (AvgIpc) is 2.96. The molecular weight excluding hydrogens is 236 g/mol. The molecule has 19 heavy (non-hydrogen) atoms. The van der Waals surface area contributed by atoms with Gasteiger partial charge in [0.15, 0.2) is 5.78 Å². The first kappa shape index (κ1) is 11.8. The molecule has 3 aromatic rings. The Kier molecular flexibility index (Phi) is 2.75. The van der Waals surface area contributed by atoms with Gasteiger partial charge in [0.2, 0.25) is 0 Å². The van der Waals surface area contributed by atoms with Crippen molar-refractivity contribution < 1.29 is 4.79 Å². The number of nitrogens with zero attached hydrogens (tertiary/aromatic N) is 2. The predicted octanol–water partition coefficient (Wildman–Crippen LogP) is 3.17. The van der Waals surface area contributed by atoms with Gasteiger partial charge in [-0.1, -0.05) is 11.6 Å². The van der Waals surface area contributed by atoms with Crippen molar-refractivity contribution in [3.05, 3.63) is 60.0 Å². The van der Waals surface area contributed by atoms with Gasteiger partial charge >= 0.3 is 0 Å². The van der Waals surface area contributed by atoms with E-state index in [0.717, 1.165) is 11.1 Å². The Balaban J connectivity index is 1.91. The average molecular weight is 252 g/mol. The largest absolute Gasteiger partial charge is 0.357 e. The summed E-state index contributed by atoms with van der Waals surface area (Å²) in [7, 11) is 1.92. The summed E-state index contributed by atoms with van der Waals surface area (Å²) in [6.07, 6.45) is 5.73. The highest BCUT2D eigenvalue weighted by Crippen LogP contribution is 2.18. The Bertz CT molecular complexity index is 749. The lowest BCUT2D eigenvalue weighted by Gasteiger charge is -2.04. The molecule has 0 unspecified atom stereocenters. The number of Topliss-reactive ketones (excluding diaryl/α,β-unsaturated/α-hetero) is 1. The highest BCUT2D eigenvalue weighted by molar-refractivity contribution is 5.96. The minimum Gasteiger partial charge on any atom is -0.357 e. The lowest BCUT2D eigenvalue weighted by atomic mass is 10.2. The second-order valence-electron chi connectivity index (χ2n) is 4.99. The fourth-order valence-electron chi connectivity index (χ4n) is 2.37. The van der Waals surface area contributed by atoms with E-state index >= 15 is 0 Å². The highest BCUT2D eigenvalue weighted by atomic mass is 16.1. The van der Waals surface area contributed by atoms with Gasteiger partial charge in [-0.05, 0) is 36.6 Å². The Hall–Kier alpha value is -2.29. The van der Waals surface area contributed by atoms with Crippen LogP contribution in [0, 0.1) is 6.92 Å². The summed E-state index contributed by atoms with van der Waals surface area (Å²) in [4.78, 5) is 12.2. The molecule has 0 atom stereocenters. The maximum absolute atomic E-state index is 12.2. The van der Waals surface area contributed by atoms with Crippen LogP contribution in [0.15, 0.2) is 48.9 Å². The van der Waals surface area contributed by atoms with Gasteiger partial charge in [0.05, 0.1) is 6.54 Å². The molecule has 1 aromatic carbocycles. The third-order valence-corrected chi connectivity index (χ3v) is 3.39. The van der Waals surface area contributed by atoms with E-state index in [1.807, 2.05) is 40.8 Å². The van der Waals surface area contributed by atoms with E-state index < -0.39 is 0 Å². The summed E-state index contributed by atoms with van der Waals surface area (Å²) in [6, 6.07) is 10.2. The number of hydrogen-bond acceptors (Lipinski definition) is 1. The van der Waals surface area contributed by atoms with Crippen molar-refractivity contribution in [1.29, 1.82) is 0 Å². The SMILES string of the molecule is Cc1ccc2c(ccn2CC(=O)c2ccn(C)c2)c1. The molecule has 0 saturated carbocycles. The van der Waals surface area contributed by atoms with Crippen LogP contribution < -0.4 is 0 Å². The van der Waals surface area contributed by atoms with Crippen LogP contribution in [0.1, 0.15) is 15.9 Å². The van der Waals surface area contributed by atoms with Gasteiger partial charge in [0, 0.05) is 36.7 Å². The van der Waals surface area contributed by atoms with Crippen molar-refractivity contribution in [3.63, 3.8) is 0 Å². The molecule has 2 heterocycles. The van der Waals surface area contributed by atoms with Crippen LogP contribution >= 0.6 is 0 Å². The number of carbonyl (C=O) groups is 1. The lowest BCUT2D eigenvalue weighted by Crippen LogP contribution is -2.08.